The van der Waals surface area contributed by atoms with Crippen molar-refractivity contribution in [3.63, 3.8) is 0 Å². The highest BCUT2D eigenvalue weighted by Crippen LogP contribution is 2.28. The molecule has 0 atom stereocenters. The van der Waals surface area contributed by atoms with E-state index < -0.39 is 10.0 Å². The highest BCUT2D eigenvalue weighted by molar-refractivity contribution is 7.89. The SMILES string of the molecule is CCCC1CCC(NS(=O)(=O)c2ccc(CO)cc2)CC1. The van der Waals surface area contributed by atoms with Gasteiger partial charge < -0.3 is 5.11 Å². The smallest absolute Gasteiger partial charge is 0.240 e. The van der Waals surface area contributed by atoms with Gasteiger partial charge in [-0.05, 0) is 49.3 Å². The predicted octanol–water partition coefficient (Wildman–Crippen LogP) is 2.82. The molecule has 0 amide bonds. The first kappa shape index (κ1) is 16.5. The van der Waals surface area contributed by atoms with Gasteiger partial charge in [0.25, 0.3) is 0 Å². The average Bonchev–Trinajstić information content (AvgIpc) is 2.49. The van der Waals surface area contributed by atoms with E-state index in [0.717, 1.165) is 31.6 Å². The molecule has 2 rings (SSSR count). The summed E-state index contributed by atoms with van der Waals surface area (Å²) in [5, 5.41) is 9.00. The molecular formula is C16H25NO3S. The topological polar surface area (TPSA) is 66.4 Å². The maximum Gasteiger partial charge on any atom is 0.240 e. The number of sulfonamides is 1. The van der Waals surface area contributed by atoms with E-state index in [4.69, 9.17) is 5.11 Å². The van der Waals surface area contributed by atoms with Crippen LogP contribution in [0.2, 0.25) is 0 Å². The Morgan fingerprint density at radius 1 is 1.14 bits per heavy atom. The van der Waals surface area contributed by atoms with Crippen LogP contribution in [0.15, 0.2) is 29.2 Å². The van der Waals surface area contributed by atoms with Crippen LogP contribution in [0.25, 0.3) is 0 Å². The lowest BCUT2D eigenvalue weighted by atomic mass is 9.84. The Balaban J connectivity index is 1.95. The third-order valence-corrected chi connectivity index (χ3v) is 5.82. The van der Waals surface area contributed by atoms with Crippen LogP contribution < -0.4 is 4.72 Å². The highest BCUT2D eigenvalue weighted by atomic mass is 32.2. The van der Waals surface area contributed by atoms with Crippen molar-refractivity contribution < 1.29 is 13.5 Å². The summed E-state index contributed by atoms with van der Waals surface area (Å²) in [6, 6.07) is 6.45. The van der Waals surface area contributed by atoms with Crippen molar-refractivity contribution in [2.75, 3.05) is 0 Å². The van der Waals surface area contributed by atoms with E-state index in [1.165, 1.54) is 12.8 Å². The summed E-state index contributed by atoms with van der Waals surface area (Å²) in [7, 11) is -3.45. The number of aliphatic hydroxyl groups is 1. The Morgan fingerprint density at radius 3 is 2.29 bits per heavy atom. The van der Waals surface area contributed by atoms with Gasteiger partial charge in [0.2, 0.25) is 10.0 Å². The fourth-order valence-corrected chi connectivity index (χ4v) is 4.34. The van der Waals surface area contributed by atoms with Crippen LogP contribution in [0, 0.1) is 5.92 Å². The van der Waals surface area contributed by atoms with E-state index in [0.29, 0.717) is 5.56 Å². The highest BCUT2D eigenvalue weighted by Gasteiger charge is 2.25. The minimum absolute atomic E-state index is 0.0561. The fraction of sp³-hybridized carbons (Fsp3) is 0.625. The van der Waals surface area contributed by atoms with Crippen LogP contribution in [0.1, 0.15) is 51.0 Å². The zero-order chi connectivity index (χ0) is 15.3. The van der Waals surface area contributed by atoms with Crippen molar-refractivity contribution in [3.05, 3.63) is 29.8 Å². The minimum atomic E-state index is -3.45. The zero-order valence-electron chi connectivity index (χ0n) is 12.6. The number of nitrogens with one attached hydrogen (secondary N) is 1. The van der Waals surface area contributed by atoms with Crippen molar-refractivity contribution in [2.24, 2.45) is 5.92 Å². The number of rotatable bonds is 6. The van der Waals surface area contributed by atoms with E-state index >= 15 is 0 Å². The van der Waals surface area contributed by atoms with Crippen LogP contribution >= 0.6 is 0 Å². The molecule has 0 aliphatic heterocycles. The molecule has 118 valence electrons. The molecule has 0 spiro atoms. The molecule has 5 heteroatoms. The van der Waals surface area contributed by atoms with Crippen LogP contribution in [0.3, 0.4) is 0 Å². The third-order valence-electron chi connectivity index (χ3n) is 4.28. The molecule has 0 bridgehead atoms. The molecule has 2 N–H and O–H groups in total. The number of benzene rings is 1. The monoisotopic (exact) mass is 311 g/mol. The van der Waals surface area contributed by atoms with Gasteiger partial charge in [-0.3, -0.25) is 0 Å². The molecule has 0 radical (unpaired) electrons. The second-order valence-electron chi connectivity index (χ2n) is 5.93. The Morgan fingerprint density at radius 2 is 1.76 bits per heavy atom. The van der Waals surface area contributed by atoms with Crippen molar-refractivity contribution in [1.82, 2.24) is 4.72 Å². The standard InChI is InChI=1S/C16H25NO3S/c1-2-3-13-4-8-15(9-5-13)17-21(19,20)16-10-6-14(12-18)7-11-16/h6-7,10-11,13,15,17-18H,2-5,8-9,12H2,1H3. The summed E-state index contributed by atoms with van der Waals surface area (Å²) in [6.07, 6.45) is 6.55. The van der Waals surface area contributed by atoms with E-state index in [9.17, 15) is 8.42 Å². The molecule has 1 aliphatic carbocycles. The fourth-order valence-electron chi connectivity index (χ4n) is 3.04. The first-order valence-corrected chi connectivity index (χ1v) is 9.25. The second kappa shape index (κ2) is 7.38. The third kappa shape index (κ3) is 4.53. The van der Waals surface area contributed by atoms with E-state index in [2.05, 4.69) is 11.6 Å². The van der Waals surface area contributed by atoms with E-state index in [1.54, 1.807) is 24.3 Å². The van der Waals surface area contributed by atoms with Gasteiger partial charge in [0.15, 0.2) is 0 Å². The van der Waals surface area contributed by atoms with Crippen molar-refractivity contribution in [3.8, 4) is 0 Å². The molecule has 0 unspecified atom stereocenters. The Hall–Kier alpha value is -0.910. The number of aliphatic hydroxyl groups excluding tert-OH is 1. The van der Waals surface area contributed by atoms with Gasteiger partial charge in [-0.2, -0.15) is 0 Å². The molecule has 1 saturated carbocycles. The maximum absolute atomic E-state index is 12.3. The first-order chi connectivity index (χ1) is 10.0. The second-order valence-corrected chi connectivity index (χ2v) is 7.64. The molecule has 21 heavy (non-hydrogen) atoms. The van der Waals surface area contributed by atoms with Crippen molar-refractivity contribution >= 4 is 10.0 Å². The Kier molecular flexibility index (Phi) is 5.79. The lowest BCUT2D eigenvalue weighted by Crippen LogP contribution is -2.37. The minimum Gasteiger partial charge on any atom is -0.392 e. The molecular weight excluding hydrogens is 286 g/mol. The van der Waals surface area contributed by atoms with Crippen molar-refractivity contribution in [2.45, 2.75) is 63.0 Å². The molecule has 0 aromatic heterocycles. The molecule has 1 fully saturated rings. The summed E-state index contributed by atoms with van der Waals surface area (Å²) in [5.74, 6) is 0.764. The van der Waals surface area contributed by atoms with Gasteiger partial charge in [0, 0.05) is 6.04 Å². The normalized spacial score (nSPS) is 23.1. The molecule has 0 heterocycles. The van der Waals surface area contributed by atoms with Gasteiger partial charge in [-0.25, -0.2) is 13.1 Å². The molecule has 4 nitrogen and oxygen atoms in total. The zero-order valence-corrected chi connectivity index (χ0v) is 13.4. The first-order valence-electron chi connectivity index (χ1n) is 7.77. The number of hydrogen-bond donors (Lipinski definition) is 2. The quantitative estimate of drug-likeness (QED) is 0.849. The summed E-state index contributed by atoms with van der Waals surface area (Å²) in [5.41, 5.74) is 0.717. The van der Waals surface area contributed by atoms with Crippen LogP contribution in [-0.4, -0.2) is 19.6 Å². The summed E-state index contributed by atoms with van der Waals surface area (Å²) in [6.45, 7) is 2.13. The molecule has 0 saturated heterocycles. The lowest BCUT2D eigenvalue weighted by molar-refractivity contribution is 0.281. The summed E-state index contributed by atoms with van der Waals surface area (Å²) < 4.78 is 27.5. The van der Waals surface area contributed by atoms with Gasteiger partial charge in [-0.1, -0.05) is 31.9 Å². The summed E-state index contributed by atoms with van der Waals surface area (Å²) in [4.78, 5) is 0.274. The van der Waals surface area contributed by atoms with Gasteiger partial charge >= 0.3 is 0 Å². The van der Waals surface area contributed by atoms with Crippen LogP contribution in [-0.2, 0) is 16.6 Å². The van der Waals surface area contributed by atoms with E-state index in [1.807, 2.05) is 0 Å². The van der Waals surface area contributed by atoms with Crippen LogP contribution in [0.5, 0.6) is 0 Å². The van der Waals surface area contributed by atoms with Gasteiger partial charge in [0.1, 0.15) is 0 Å². The molecule has 1 aliphatic rings. The van der Waals surface area contributed by atoms with Crippen LogP contribution in [0.4, 0.5) is 0 Å². The maximum atomic E-state index is 12.3. The predicted molar refractivity (Wildman–Crippen MR) is 83.3 cm³/mol. The molecule has 1 aromatic rings. The lowest BCUT2D eigenvalue weighted by Gasteiger charge is -2.28. The van der Waals surface area contributed by atoms with Crippen molar-refractivity contribution in [1.29, 1.82) is 0 Å². The van der Waals surface area contributed by atoms with E-state index in [-0.39, 0.29) is 17.5 Å². The average molecular weight is 311 g/mol. The van der Waals surface area contributed by atoms with Gasteiger partial charge in [-0.15, -0.1) is 0 Å². The molecule has 1 aromatic carbocycles. The Bertz CT molecular complexity index is 531. The summed E-state index contributed by atoms with van der Waals surface area (Å²) >= 11 is 0. The Labute approximate surface area is 127 Å². The van der Waals surface area contributed by atoms with Gasteiger partial charge in [0.05, 0.1) is 11.5 Å². The largest absolute Gasteiger partial charge is 0.392 e. The number of hydrogen-bond acceptors (Lipinski definition) is 3.